The number of amides is 3. The highest BCUT2D eigenvalue weighted by atomic mass is 19.1. The Labute approximate surface area is 79.9 Å². The Morgan fingerprint density at radius 1 is 1.43 bits per heavy atom. The maximum atomic E-state index is 13.1. The van der Waals surface area contributed by atoms with Crippen LogP contribution in [0.5, 0.6) is 0 Å². The van der Waals surface area contributed by atoms with E-state index < -0.39 is 17.8 Å². The van der Waals surface area contributed by atoms with E-state index in [4.69, 9.17) is 5.73 Å². The van der Waals surface area contributed by atoms with Gasteiger partial charge in [0.05, 0.1) is 5.56 Å². The van der Waals surface area contributed by atoms with Gasteiger partial charge in [-0.25, -0.2) is 9.18 Å². The summed E-state index contributed by atoms with van der Waals surface area (Å²) in [5, 5.41) is 1.79. The Kier molecular flexibility index (Phi) is 2.81. The van der Waals surface area contributed by atoms with Gasteiger partial charge in [0.25, 0.3) is 5.91 Å². The second kappa shape index (κ2) is 3.87. The van der Waals surface area contributed by atoms with Crippen LogP contribution < -0.4 is 11.1 Å². The number of carbonyl (C=O) groups excluding carboxylic acids is 2. The number of aryl methyl sites for hydroxylation is 1. The maximum absolute atomic E-state index is 13.1. The van der Waals surface area contributed by atoms with Crippen molar-refractivity contribution in [3.05, 3.63) is 35.1 Å². The molecular weight excluding hydrogens is 187 g/mol. The standard InChI is InChI=1S/C9H9FN2O2/c1-5-2-3-7(10)6(4-5)8(13)12-9(11)14/h2-4H,1H3,(H3,11,12,13,14). The fourth-order valence-electron chi connectivity index (χ4n) is 0.992. The van der Waals surface area contributed by atoms with Crippen LogP contribution in [0.1, 0.15) is 15.9 Å². The van der Waals surface area contributed by atoms with Crippen LogP contribution in [0.15, 0.2) is 18.2 Å². The van der Waals surface area contributed by atoms with Gasteiger partial charge < -0.3 is 5.73 Å². The van der Waals surface area contributed by atoms with Gasteiger partial charge in [-0.1, -0.05) is 11.6 Å². The third-order valence-corrected chi connectivity index (χ3v) is 1.60. The summed E-state index contributed by atoms with van der Waals surface area (Å²) < 4.78 is 13.1. The number of carbonyl (C=O) groups is 2. The topological polar surface area (TPSA) is 72.2 Å². The van der Waals surface area contributed by atoms with Crippen molar-refractivity contribution in [2.24, 2.45) is 5.73 Å². The van der Waals surface area contributed by atoms with Crippen LogP contribution in [0.2, 0.25) is 0 Å². The highest BCUT2D eigenvalue weighted by Crippen LogP contribution is 2.09. The van der Waals surface area contributed by atoms with Gasteiger partial charge >= 0.3 is 6.03 Å². The van der Waals surface area contributed by atoms with E-state index in [2.05, 4.69) is 0 Å². The highest BCUT2D eigenvalue weighted by Gasteiger charge is 2.12. The molecule has 3 N–H and O–H groups in total. The number of nitrogens with two attached hydrogens (primary N) is 1. The molecule has 0 radical (unpaired) electrons. The van der Waals surface area contributed by atoms with Crippen LogP contribution in [0.25, 0.3) is 0 Å². The molecule has 0 aliphatic rings. The first-order valence-electron chi connectivity index (χ1n) is 3.87. The summed E-state index contributed by atoms with van der Waals surface area (Å²) >= 11 is 0. The molecule has 1 aromatic carbocycles. The Morgan fingerprint density at radius 3 is 2.64 bits per heavy atom. The third kappa shape index (κ3) is 2.29. The molecular formula is C9H9FN2O2. The summed E-state index contributed by atoms with van der Waals surface area (Å²) in [7, 11) is 0. The molecule has 0 spiro atoms. The number of rotatable bonds is 1. The number of hydrogen-bond donors (Lipinski definition) is 2. The highest BCUT2D eigenvalue weighted by molar-refractivity contribution is 6.04. The molecule has 0 aromatic heterocycles. The minimum atomic E-state index is -1.00. The van der Waals surface area contributed by atoms with E-state index >= 15 is 0 Å². The number of hydrogen-bond acceptors (Lipinski definition) is 2. The molecule has 0 saturated carbocycles. The average molecular weight is 196 g/mol. The first-order chi connectivity index (χ1) is 6.50. The maximum Gasteiger partial charge on any atom is 0.319 e. The van der Waals surface area contributed by atoms with E-state index in [0.717, 1.165) is 11.6 Å². The molecule has 3 amide bonds. The Morgan fingerprint density at radius 2 is 2.07 bits per heavy atom. The monoisotopic (exact) mass is 196 g/mol. The van der Waals surface area contributed by atoms with Crippen molar-refractivity contribution in [3.8, 4) is 0 Å². The number of halogens is 1. The van der Waals surface area contributed by atoms with Crippen LogP contribution in [-0.2, 0) is 0 Å². The molecule has 0 unspecified atom stereocenters. The number of benzene rings is 1. The van der Waals surface area contributed by atoms with Gasteiger partial charge in [0.15, 0.2) is 0 Å². The zero-order valence-corrected chi connectivity index (χ0v) is 7.50. The minimum absolute atomic E-state index is 0.191. The summed E-state index contributed by atoms with van der Waals surface area (Å²) in [6.45, 7) is 1.71. The second-order valence-corrected chi connectivity index (χ2v) is 2.80. The molecule has 0 saturated heterocycles. The van der Waals surface area contributed by atoms with E-state index in [1.807, 2.05) is 0 Å². The Bertz CT molecular complexity index is 390. The zero-order chi connectivity index (χ0) is 10.7. The third-order valence-electron chi connectivity index (χ3n) is 1.60. The molecule has 5 heteroatoms. The number of primary amides is 1. The van der Waals surface area contributed by atoms with E-state index in [0.29, 0.717) is 0 Å². The van der Waals surface area contributed by atoms with Gasteiger partial charge in [-0.2, -0.15) is 0 Å². The molecule has 1 rings (SSSR count). The van der Waals surface area contributed by atoms with Crippen LogP contribution in [0.3, 0.4) is 0 Å². The van der Waals surface area contributed by atoms with E-state index in [1.54, 1.807) is 12.2 Å². The van der Waals surface area contributed by atoms with E-state index in [-0.39, 0.29) is 5.56 Å². The van der Waals surface area contributed by atoms with Gasteiger partial charge in [0, 0.05) is 0 Å². The van der Waals surface area contributed by atoms with E-state index in [1.165, 1.54) is 12.1 Å². The first-order valence-corrected chi connectivity index (χ1v) is 3.87. The molecule has 0 fully saturated rings. The summed E-state index contributed by atoms with van der Waals surface area (Å²) in [6.07, 6.45) is 0. The lowest BCUT2D eigenvalue weighted by Crippen LogP contribution is -2.35. The van der Waals surface area contributed by atoms with Crippen molar-refractivity contribution in [2.75, 3.05) is 0 Å². The predicted octanol–water partition coefficient (Wildman–Crippen LogP) is 0.943. The van der Waals surface area contributed by atoms with Gasteiger partial charge in [-0.15, -0.1) is 0 Å². The van der Waals surface area contributed by atoms with Crippen molar-refractivity contribution in [1.29, 1.82) is 0 Å². The molecule has 1 aromatic rings. The zero-order valence-electron chi connectivity index (χ0n) is 7.50. The van der Waals surface area contributed by atoms with Gasteiger partial charge in [-0.3, -0.25) is 10.1 Å². The Balaban J connectivity index is 3.00. The van der Waals surface area contributed by atoms with Crippen LogP contribution in [-0.4, -0.2) is 11.9 Å². The molecule has 4 nitrogen and oxygen atoms in total. The lowest BCUT2D eigenvalue weighted by Gasteiger charge is -2.03. The van der Waals surface area contributed by atoms with E-state index in [9.17, 15) is 14.0 Å². The SMILES string of the molecule is Cc1ccc(F)c(C(=O)NC(N)=O)c1. The molecule has 74 valence electrons. The largest absolute Gasteiger partial charge is 0.351 e. The summed E-state index contributed by atoms with van der Waals surface area (Å²) in [5.74, 6) is -1.52. The average Bonchev–Trinajstić information content (AvgIpc) is 2.08. The van der Waals surface area contributed by atoms with Crippen molar-refractivity contribution in [2.45, 2.75) is 6.92 Å². The van der Waals surface area contributed by atoms with Crippen molar-refractivity contribution in [3.63, 3.8) is 0 Å². The van der Waals surface area contributed by atoms with Gasteiger partial charge in [0.1, 0.15) is 5.82 Å². The van der Waals surface area contributed by atoms with Gasteiger partial charge in [-0.05, 0) is 19.1 Å². The summed E-state index contributed by atoms with van der Waals surface area (Å²) in [6, 6.07) is 3.02. The molecule has 0 bridgehead atoms. The predicted molar refractivity (Wildman–Crippen MR) is 48.2 cm³/mol. The molecule has 0 heterocycles. The summed E-state index contributed by atoms with van der Waals surface area (Å²) in [4.78, 5) is 21.5. The number of urea groups is 1. The Hall–Kier alpha value is -1.91. The molecule has 0 aliphatic carbocycles. The number of imide groups is 1. The number of nitrogens with one attached hydrogen (secondary N) is 1. The lowest BCUT2D eigenvalue weighted by atomic mass is 10.1. The first kappa shape index (κ1) is 10.2. The van der Waals surface area contributed by atoms with Crippen LogP contribution in [0.4, 0.5) is 9.18 Å². The second-order valence-electron chi connectivity index (χ2n) is 2.80. The van der Waals surface area contributed by atoms with Crippen LogP contribution in [0, 0.1) is 12.7 Å². The normalized spacial score (nSPS) is 9.57. The fraction of sp³-hybridized carbons (Fsp3) is 0.111. The van der Waals surface area contributed by atoms with Crippen LogP contribution >= 0.6 is 0 Å². The minimum Gasteiger partial charge on any atom is -0.351 e. The lowest BCUT2D eigenvalue weighted by molar-refractivity contribution is 0.0962. The van der Waals surface area contributed by atoms with Crippen molar-refractivity contribution >= 4 is 11.9 Å². The van der Waals surface area contributed by atoms with Crippen molar-refractivity contribution in [1.82, 2.24) is 5.32 Å². The smallest absolute Gasteiger partial charge is 0.319 e. The molecule has 0 atom stereocenters. The summed E-state index contributed by atoms with van der Waals surface area (Å²) in [5.41, 5.74) is 5.26. The molecule has 0 aliphatic heterocycles. The quantitative estimate of drug-likeness (QED) is 0.701. The molecule has 14 heavy (non-hydrogen) atoms. The fourth-order valence-corrected chi connectivity index (χ4v) is 0.992. The van der Waals surface area contributed by atoms with Crippen molar-refractivity contribution < 1.29 is 14.0 Å². The van der Waals surface area contributed by atoms with Gasteiger partial charge in [0.2, 0.25) is 0 Å².